The summed E-state index contributed by atoms with van der Waals surface area (Å²) in [6.07, 6.45) is 1.38. The van der Waals surface area contributed by atoms with Crippen LogP contribution >= 0.6 is 0 Å². The highest BCUT2D eigenvalue weighted by Gasteiger charge is 2.12. The van der Waals surface area contributed by atoms with Crippen LogP contribution in [0.15, 0.2) is 41.5 Å². The minimum absolute atomic E-state index is 0.0844. The van der Waals surface area contributed by atoms with Crippen molar-refractivity contribution in [3.63, 3.8) is 0 Å². The van der Waals surface area contributed by atoms with Gasteiger partial charge >= 0.3 is 6.61 Å². The van der Waals surface area contributed by atoms with E-state index in [1.807, 2.05) is 19.9 Å². The number of imidazole rings is 1. The maximum absolute atomic E-state index is 12.4. The van der Waals surface area contributed by atoms with Crippen molar-refractivity contribution in [1.29, 1.82) is 0 Å². The number of aromatic nitrogens is 2. The lowest BCUT2D eigenvalue weighted by Crippen LogP contribution is -2.17. The van der Waals surface area contributed by atoms with Crippen LogP contribution in [0.25, 0.3) is 11.0 Å². The Labute approximate surface area is 165 Å². The van der Waals surface area contributed by atoms with Crippen molar-refractivity contribution in [1.82, 2.24) is 15.0 Å². The van der Waals surface area contributed by atoms with Crippen LogP contribution < -0.4 is 14.9 Å². The molecule has 1 amide bonds. The molecule has 0 radical (unpaired) electrons. The molecule has 0 unspecified atom stereocenters. The van der Waals surface area contributed by atoms with Crippen LogP contribution in [0.3, 0.4) is 0 Å². The zero-order valence-corrected chi connectivity index (χ0v) is 16.1. The lowest BCUT2D eigenvalue weighted by atomic mass is 10.2. The number of carbonyl (C=O) groups excluding carboxylic acids is 1. The Balaban J connectivity index is 1.71. The standard InChI is InChI=1S/C20H20F2N4O3/c1-4-26-12(2)24-15-10-14(6-7-16(15)26)19(27)25-23-11-13-5-8-17(29-20(21)22)18(9-13)28-3/h5-11,20H,4H2,1-3H3,(H,25,27). The highest BCUT2D eigenvalue weighted by molar-refractivity contribution is 5.98. The van der Waals surface area contributed by atoms with Crippen LogP contribution in [0.4, 0.5) is 8.78 Å². The summed E-state index contributed by atoms with van der Waals surface area (Å²) in [6.45, 7) is 1.79. The molecule has 3 aromatic rings. The van der Waals surface area contributed by atoms with Crippen molar-refractivity contribution in [3.8, 4) is 11.5 Å². The highest BCUT2D eigenvalue weighted by atomic mass is 19.3. The van der Waals surface area contributed by atoms with Gasteiger partial charge in [-0.2, -0.15) is 13.9 Å². The monoisotopic (exact) mass is 402 g/mol. The number of nitrogens with one attached hydrogen (secondary N) is 1. The van der Waals surface area contributed by atoms with Gasteiger partial charge in [0.15, 0.2) is 11.5 Å². The van der Waals surface area contributed by atoms with Crippen molar-refractivity contribution >= 4 is 23.2 Å². The molecule has 2 aromatic carbocycles. The lowest BCUT2D eigenvalue weighted by molar-refractivity contribution is -0.0512. The Morgan fingerprint density at radius 3 is 2.76 bits per heavy atom. The number of carbonyl (C=O) groups is 1. The van der Waals surface area contributed by atoms with Crippen LogP contribution in [0.1, 0.15) is 28.7 Å². The van der Waals surface area contributed by atoms with Crippen molar-refractivity contribution in [3.05, 3.63) is 53.3 Å². The largest absolute Gasteiger partial charge is 0.493 e. The topological polar surface area (TPSA) is 77.7 Å². The quantitative estimate of drug-likeness (QED) is 0.482. The zero-order valence-electron chi connectivity index (χ0n) is 16.1. The Hall–Kier alpha value is -3.49. The van der Waals surface area contributed by atoms with E-state index in [0.29, 0.717) is 11.1 Å². The Kier molecular flexibility index (Phi) is 6.06. The van der Waals surface area contributed by atoms with E-state index in [1.54, 1.807) is 12.1 Å². The molecular weight excluding hydrogens is 382 g/mol. The van der Waals surface area contributed by atoms with Crippen molar-refractivity contribution < 1.29 is 23.0 Å². The summed E-state index contributed by atoms with van der Waals surface area (Å²) in [5.41, 5.74) is 5.10. The number of benzene rings is 2. The first-order chi connectivity index (χ1) is 13.9. The molecular formula is C20H20F2N4O3. The number of nitrogens with zero attached hydrogens (tertiary/aromatic N) is 3. The first kappa shape index (κ1) is 20.2. The number of methoxy groups -OCH3 is 1. The van der Waals surface area contributed by atoms with Gasteiger partial charge in [-0.3, -0.25) is 4.79 Å². The fourth-order valence-corrected chi connectivity index (χ4v) is 2.98. The maximum Gasteiger partial charge on any atom is 0.387 e. The Morgan fingerprint density at radius 2 is 2.07 bits per heavy atom. The predicted molar refractivity (Wildman–Crippen MR) is 105 cm³/mol. The summed E-state index contributed by atoms with van der Waals surface area (Å²) in [4.78, 5) is 16.8. The number of rotatable bonds is 7. The molecule has 0 atom stereocenters. The molecule has 1 heterocycles. The molecule has 0 saturated carbocycles. The first-order valence-electron chi connectivity index (χ1n) is 8.86. The average Bonchev–Trinajstić information content (AvgIpc) is 3.02. The van der Waals surface area contributed by atoms with Crippen molar-refractivity contribution in [2.75, 3.05) is 7.11 Å². The van der Waals surface area contributed by atoms with Gasteiger partial charge in [0, 0.05) is 12.1 Å². The number of halogens is 2. The molecule has 0 bridgehead atoms. The minimum atomic E-state index is -2.95. The van der Waals surface area contributed by atoms with Gasteiger partial charge in [0.1, 0.15) is 5.82 Å². The van der Waals surface area contributed by atoms with Gasteiger partial charge < -0.3 is 14.0 Å². The molecule has 29 heavy (non-hydrogen) atoms. The molecule has 1 N–H and O–H groups in total. The summed E-state index contributed by atoms with van der Waals surface area (Å²) < 4.78 is 36.2. The predicted octanol–water partition coefficient (Wildman–Crippen LogP) is 3.74. The summed E-state index contributed by atoms with van der Waals surface area (Å²) >= 11 is 0. The summed E-state index contributed by atoms with van der Waals surface area (Å²) in [7, 11) is 1.34. The fourth-order valence-electron chi connectivity index (χ4n) is 2.98. The second-order valence-corrected chi connectivity index (χ2v) is 6.09. The van der Waals surface area contributed by atoms with Crippen molar-refractivity contribution in [2.24, 2.45) is 5.10 Å². The fraction of sp³-hybridized carbons (Fsp3) is 0.250. The highest BCUT2D eigenvalue weighted by Crippen LogP contribution is 2.28. The molecule has 0 fully saturated rings. The normalized spacial score (nSPS) is 11.4. The number of fused-ring (bicyclic) bond motifs is 1. The molecule has 3 rings (SSSR count). The van der Waals surface area contributed by atoms with Crippen LogP contribution in [0.2, 0.25) is 0 Å². The number of hydrogen-bond donors (Lipinski definition) is 1. The van der Waals surface area contributed by atoms with Gasteiger partial charge in [-0.1, -0.05) is 0 Å². The molecule has 0 aliphatic carbocycles. The van der Waals surface area contributed by atoms with Crippen molar-refractivity contribution in [2.45, 2.75) is 27.0 Å². The third-order valence-electron chi connectivity index (χ3n) is 4.30. The number of ether oxygens (including phenoxy) is 2. The van der Waals surface area contributed by atoms with E-state index >= 15 is 0 Å². The summed E-state index contributed by atoms with van der Waals surface area (Å²) in [5, 5.41) is 3.91. The Morgan fingerprint density at radius 1 is 1.28 bits per heavy atom. The Bertz CT molecular complexity index is 1060. The van der Waals surface area contributed by atoms with Gasteiger partial charge in [-0.15, -0.1) is 0 Å². The van der Waals surface area contributed by atoms with Gasteiger partial charge in [-0.25, -0.2) is 10.4 Å². The van der Waals surface area contributed by atoms with E-state index in [-0.39, 0.29) is 11.5 Å². The van der Waals surface area contributed by atoms with Crippen LogP contribution in [-0.2, 0) is 6.54 Å². The number of hydrogen-bond acceptors (Lipinski definition) is 5. The third-order valence-corrected chi connectivity index (χ3v) is 4.30. The van der Waals surface area contributed by atoms with Gasteiger partial charge in [0.25, 0.3) is 5.91 Å². The van der Waals surface area contributed by atoms with Crippen LogP contribution in [-0.4, -0.2) is 35.4 Å². The van der Waals surface area contributed by atoms with E-state index < -0.39 is 12.5 Å². The van der Waals surface area contributed by atoms with E-state index in [2.05, 4.69) is 24.8 Å². The number of alkyl halides is 2. The molecule has 152 valence electrons. The molecule has 1 aromatic heterocycles. The molecule has 7 nitrogen and oxygen atoms in total. The second-order valence-electron chi connectivity index (χ2n) is 6.09. The van der Waals surface area contributed by atoms with Gasteiger partial charge in [-0.05, 0) is 55.8 Å². The molecule has 0 aliphatic rings. The number of hydrazone groups is 1. The lowest BCUT2D eigenvalue weighted by Gasteiger charge is -2.09. The average molecular weight is 402 g/mol. The third kappa shape index (κ3) is 4.50. The SMILES string of the molecule is CCn1c(C)nc2cc(C(=O)NN=Cc3ccc(OC(F)F)c(OC)c3)ccc21. The van der Waals surface area contributed by atoms with Crippen LogP contribution in [0, 0.1) is 6.92 Å². The van der Waals surface area contributed by atoms with Crippen LogP contribution in [0.5, 0.6) is 11.5 Å². The van der Waals surface area contributed by atoms with E-state index in [0.717, 1.165) is 23.4 Å². The van der Waals surface area contributed by atoms with E-state index in [4.69, 9.17) is 4.74 Å². The minimum Gasteiger partial charge on any atom is -0.493 e. The van der Waals surface area contributed by atoms with Gasteiger partial charge in [0.2, 0.25) is 0 Å². The smallest absolute Gasteiger partial charge is 0.387 e. The summed E-state index contributed by atoms with van der Waals surface area (Å²) in [6, 6.07) is 9.60. The second kappa shape index (κ2) is 8.68. The molecule has 0 spiro atoms. The number of aryl methyl sites for hydroxylation is 2. The molecule has 0 saturated heterocycles. The number of amides is 1. The molecule has 0 aliphatic heterocycles. The maximum atomic E-state index is 12.4. The first-order valence-corrected chi connectivity index (χ1v) is 8.86. The zero-order chi connectivity index (χ0) is 21.0. The summed E-state index contributed by atoms with van der Waals surface area (Å²) in [5.74, 6) is 0.537. The van der Waals surface area contributed by atoms with Gasteiger partial charge in [0.05, 0.1) is 24.4 Å². The van der Waals surface area contributed by atoms with E-state index in [1.165, 1.54) is 31.5 Å². The molecule has 9 heteroatoms. The van der Waals surface area contributed by atoms with E-state index in [9.17, 15) is 13.6 Å².